The molecule has 3 rings (SSSR count). The van der Waals surface area contributed by atoms with Crippen molar-refractivity contribution in [2.24, 2.45) is 0 Å². The van der Waals surface area contributed by atoms with Crippen LogP contribution in [0.3, 0.4) is 0 Å². The Hall–Kier alpha value is -2.34. The Balaban J connectivity index is 1.62. The number of amides is 1. The van der Waals surface area contributed by atoms with Crippen LogP contribution in [0.15, 0.2) is 54.6 Å². The highest BCUT2D eigenvalue weighted by Gasteiger charge is 2.36. The van der Waals surface area contributed by atoms with Gasteiger partial charge in [0.15, 0.2) is 0 Å². The van der Waals surface area contributed by atoms with E-state index < -0.39 is 17.6 Å². The second-order valence-corrected chi connectivity index (χ2v) is 6.92. The van der Waals surface area contributed by atoms with Crippen molar-refractivity contribution in [3.8, 4) is 0 Å². The minimum atomic E-state index is -4.52. The normalized spacial score (nSPS) is 18.2. The second kappa shape index (κ2) is 8.57. The zero-order valence-corrected chi connectivity index (χ0v) is 15.1. The zero-order chi connectivity index (χ0) is 19.3. The Labute approximate surface area is 157 Å². The highest BCUT2D eigenvalue weighted by Crippen LogP contribution is 2.32. The van der Waals surface area contributed by atoms with Crippen molar-refractivity contribution in [1.82, 2.24) is 4.90 Å². The van der Waals surface area contributed by atoms with Crippen LogP contribution >= 0.6 is 0 Å². The number of alkyl halides is 3. The van der Waals surface area contributed by atoms with E-state index in [-0.39, 0.29) is 5.56 Å². The molecular weight excluding hydrogens is 353 g/mol. The Morgan fingerprint density at radius 3 is 2.41 bits per heavy atom. The fraction of sp³-hybridized carbons (Fsp3) is 0.381. The Morgan fingerprint density at radius 1 is 0.963 bits per heavy atom. The molecule has 144 valence electrons. The van der Waals surface area contributed by atoms with Gasteiger partial charge in [0, 0.05) is 19.4 Å². The van der Waals surface area contributed by atoms with Gasteiger partial charge in [-0.2, -0.15) is 13.2 Å². The van der Waals surface area contributed by atoms with Gasteiger partial charge >= 0.3 is 6.18 Å². The molecule has 1 unspecified atom stereocenters. The van der Waals surface area contributed by atoms with Crippen LogP contribution < -0.4 is 4.90 Å². The number of hydrogen-bond acceptors (Lipinski definition) is 1. The van der Waals surface area contributed by atoms with Gasteiger partial charge < -0.3 is 9.80 Å². The molecule has 0 aliphatic carbocycles. The van der Waals surface area contributed by atoms with Crippen LogP contribution in [0.5, 0.6) is 0 Å². The summed E-state index contributed by atoms with van der Waals surface area (Å²) in [5.41, 5.74) is 0.173. The lowest BCUT2D eigenvalue weighted by atomic mass is 10.1. The van der Waals surface area contributed by atoms with E-state index in [0.29, 0.717) is 13.1 Å². The highest BCUT2D eigenvalue weighted by molar-refractivity contribution is 5.96. The molecule has 0 bridgehead atoms. The SMILES string of the molecule is O=C(c1ccccc1C(F)(F)F)N1CCC[NH+](CCc2ccccc2)CC1. The monoisotopic (exact) mass is 377 g/mol. The predicted octanol–water partition coefficient (Wildman–Crippen LogP) is 2.68. The van der Waals surface area contributed by atoms with E-state index in [4.69, 9.17) is 0 Å². The fourth-order valence-corrected chi connectivity index (χ4v) is 3.56. The average Bonchev–Trinajstić information content (AvgIpc) is 2.92. The minimum absolute atomic E-state index is 0.252. The molecule has 6 heteroatoms. The maximum atomic E-state index is 13.2. The molecule has 0 saturated carbocycles. The van der Waals surface area contributed by atoms with Gasteiger partial charge in [0.1, 0.15) is 0 Å². The number of benzene rings is 2. The van der Waals surface area contributed by atoms with Gasteiger partial charge in [-0.15, -0.1) is 0 Å². The van der Waals surface area contributed by atoms with Crippen molar-refractivity contribution >= 4 is 5.91 Å². The summed E-state index contributed by atoms with van der Waals surface area (Å²) in [4.78, 5) is 15.7. The summed E-state index contributed by atoms with van der Waals surface area (Å²) < 4.78 is 39.6. The van der Waals surface area contributed by atoms with E-state index in [1.807, 2.05) is 18.2 Å². The second-order valence-electron chi connectivity index (χ2n) is 6.92. The molecule has 1 atom stereocenters. The first-order valence-electron chi connectivity index (χ1n) is 9.28. The van der Waals surface area contributed by atoms with Crippen LogP contribution in [0.2, 0.25) is 0 Å². The molecule has 1 N–H and O–H groups in total. The van der Waals surface area contributed by atoms with Crippen molar-refractivity contribution < 1.29 is 22.9 Å². The van der Waals surface area contributed by atoms with Crippen molar-refractivity contribution in [2.75, 3.05) is 32.7 Å². The number of halogens is 3. The van der Waals surface area contributed by atoms with Crippen LogP contribution in [-0.4, -0.2) is 43.5 Å². The van der Waals surface area contributed by atoms with E-state index in [2.05, 4.69) is 12.1 Å². The van der Waals surface area contributed by atoms with Crippen molar-refractivity contribution in [3.63, 3.8) is 0 Å². The molecular formula is C21H24F3N2O+. The average molecular weight is 377 g/mol. The quantitative estimate of drug-likeness (QED) is 0.871. The molecule has 3 nitrogen and oxygen atoms in total. The summed E-state index contributed by atoms with van der Waals surface area (Å²) in [6.07, 6.45) is -2.77. The van der Waals surface area contributed by atoms with Crippen LogP contribution in [-0.2, 0) is 12.6 Å². The van der Waals surface area contributed by atoms with Crippen LogP contribution in [0.4, 0.5) is 13.2 Å². The number of hydrogen-bond donors (Lipinski definition) is 1. The third-order valence-electron chi connectivity index (χ3n) is 5.05. The molecule has 0 aromatic heterocycles. The molecule has 1 heterocycles. The third kappa shape index (κ3) is 5.10. The number of nitrogens with zero attached hydrogens (tertiary/aromatic N) is 1. The Kier molecular flexibility index (Phi) is 6.16. The maximum absolute atomic E-state index is 13.2. The largest absolute Gasteiger partial charge is 0.417 e. The standard InChI is InChI=1S/C21H23F3N2O/c22-21(23,24)19-10-5-4-9-18(19)20(27)26-13-6-12-25(15-16-26)14-11-17-7-2-1-3-8-17/h1-5,7-10H,6,11-16H2/p+1. The summed E-state index contributed by atoms with van der Waals surface area (Å²) in [6, 6.07) is 15.3. The molecule has 1 fully saturated rings. The first-order valence-corrected chi connectivity index (χ1v) is 9.28. The van der Waals surface area contributed by atoms with Gasteiger partial charge in [-0.3, -0.25) is 4.79 Å². The van der Waals surface area contributed by atoms with E-state index in [0.717, 1.165) is 38.5 Å². The smallest absolute Gasteiger partial charge is 0.333 e. The van der Waals surface area contributed by atoms with Gasteiger partial charge in [-0.05, 0) is 17.7 Å². The fourth-order valence-electron chi connectivity index (χ4n) is 3.56. The van der Waals surface area contributed by atoms with Crippen molar-refractivity contribution in [1.29, 1.82) is 0 Å². The molecule has 2 aromatic rings. The summed E-state index contributed by atoms with van der Waals surface area (Å²) >= 11 is 0. The molecule has 1 amide bonds. The molecule has 0 radical (unpaired) electrons. The number of nitrogens with one attached hydrogen (secondary N) is 1. The predicted molar refractivity (Wildman–Crippen MR) is 97.7 cm³/mol. The number of carbonyl (C=O) groups excluding carboxylic acids is 1. The van der Waals surface area contributed by atoms with Crippen LogP contribution in [0.25, 0.3) is 0 Å². The van der Waals surface area contributed by atoms with Crippen molar-refractivity contribution in [2.45, 2.75) is 19.0 Å². The van der Waals surface area contributed by atoms with Crippen LogP contribution in [0, 0.1) is 0 Å². The molecule has 27 heavy (non-hydrogen) atoms. The number of rotatable bonds is 4. The summed E-state index contributed by atoms with van der Waals surface area (Å²) in [5, 5.41) is 0. The number of carbonyl (C=O) groups is 1. The first kappa shape index (κ1) is 19.4. The lowest BCUT2D eigenvalue weighted by molar-refractivity contribution is -0.897. The van der Waals surface area contributed by atoms with E-state index in [1.54, 1.807) is 4.90 Å². The molecule has 2 aromatic carbocycles. The van der Waals surface area contributed by atoms with Gasteiger partial charge in [-0.1, -0.05) is 42.5 Å². The Morgan fingerprint density at radius 2 is 1.67 bits per heavy atom. The zero-order valence-electron chi connectivity index (χ0n) is 15.1. The van der Waals surface area contributed by atoms with E-state index in [9.17, 15) is 18.0 Å². The minimum Gasteiger partial charge on any atom is -0.333 e. The van der Waals surface area contributed by atoms with Crippen molar-refractivity contribution in [3.05, 3.63) is 71.3 Å². The lowest BCUT2D eigenvalue weighted by Crippen LogP contribution is -3.12. The molecule has 1 saturated heterocycles. The van der Waals surface area contributed by atoms with Gasteiger partial charge in [-0.25, -0.2) is 0 Å². The van der Waals surface area contributed by atoms with Gasteiger partial charge in [0.2, 0.25) is 0 Å². The first-order chi connectivity index (χ1) is 12.9. The van der Waals surface area contributed by atoms with E-state index >= 15 is 0 Å². The summed E-state index contributed by atoms with van der Waals surface area (Å²) in [7, 11) is 0. The number of quaternary nitrogens is 1. The molecule has 0 spiro atoms. The maximum Gasteiger partial charge on any atom is 0.417 e. The lowest BCUT2D eigenvalue weighted by Gasteiger charge is -2.22. The summed E-state index contributed by atoms with van der Waals surface area (Å²) in [5.74, 6) is -0.521. The molecule has 1 aliphatic heterocycles. The third-order valence-corrected chi connectivity index (χ3v) is 5.05. The molecule has 1 aliphatic rings. The summed E-state index contributed by atoms with van der Waals surface area (Å²) in [6.45, 7) is 3.63. The van der Waals surface area contributed by atoms with Crippen LogP contribution in [0.1, 0.15) is 27.9 Å². The van der Waals surface area contributed by atoms with Gasteiger partial charge in [0.25, 0.3) is 5.91 Å². The van der Waals surface area contributed by atoms with E-state index in [1.165, 1.54) is 28.7 Å². The topological polar surface area (TPSA) is 24.8 Å². The Bertz CT molecular complexity index is 762. The highest BCUT2D eigenvalue weighted by atomic mass is 19.4. The van der Waals surface area contributed by atoms with Gasteiger partial charge in [0.05, 0.1) is 37.3 Å².